The molecule has 2 heteroatoms. The van der Waals surface area contributed by atoms with Gasteiger partial charge in [-0.3, -0.25) is 4.99 Å². The molecule has 0 saturated heterocycles. The first-order valence-electron chi connectivity index (χ1n) is 3.63. The van der Waals surface area contributed by atoms with Crippen molar-refractivity contribution in [2.24, 2.45) is 4.99 Å². The average molecular weight is 177 g/mol. The highest BCUT2D eigenvalue weighted by Gasteiger charge is 1.94. The standard InChI is InChI=1S/C10H11NS/c1-11-10(8-12-2)9-6-4-3-5-7-9/h3-8H,1H2,2H3/b10-8-. The van der Waals surface area contributed by atoms with Crippen LogP contribution in [-0.2, 0) is 0 Å². The number of rotatable bonds is 3. The van der Waals surface area contributed by atoms with Gasteiger partial charge in [-0.2, -0.15) is 0 Å². The molecular weight excluding hydrogens is 166 g/mol. The van der Waals surface area contributed by atoms with Crippen LogP contribution in [0.25, 0.3) is 5.70 Å². The first-order valence-corrected chi connectivity index (χ1v) is 4.92. The molecule has 0 aliphatic carbocycles. The van der Waals surface area contributed by atoms with Crippen LogP contribution in [0.4, 0.5) is 0 Å². The van der Waals surface area contributed by atoms with E-state index in [1.807, 2.05) is 42.0 Å². The zero-order chi connectivity index (χ0) is 8.81. The van der Waals surface area contributed by atoms with Crippen LogP contribution in [-0.4, -0.2) is 13.0 Å². The van der Waals surface area contributed by atoms with Gasteiger partial charge >= 0.3 is 0 Å². The highest BCUT2D eigenvalue weighted by atomic mass is 32.2. The lowest BCUT2D eigenvalue weighted by atomic mass is 10.2. The third-order valence-electron chi connectivity index (χ3n) is 1.47. The van der Waals surface area contributed by atoms with Gasteiger partial charge in [0.2, 0.25) is 0 Å². The minimum atomic E-state index is 0.933. The van der Waals surface area contributed by atoms with E-state index in [2.05, 4.69) is 11.7 Å². The molecule has 0 aliphatic heterocycles. The summed E-state index contributed by atoms with van der Waals surface area (Å²) in [6, 6.07) is 10.0. The summed E-state index contributed by atoms with van der Waals surface area (Å²) in [5.41, 5.74) is 2.05. The van der Waals surface area contributed by atoms with E-state index in [-0.39, 0.29) is 0 Å². The van der Waals surface area contributed by atoms with Crippen LogP contribution in [0, 0.1) is 0 Å². The molecule has 0 atom stereocenters. The predicted octanol–water partition coefficient (Wildman–Crippen LogP) is 3.05. The number of nitrogens with zero attached hydrogens (tertiary/aromatic N) is 1. The fraction of sp³-hybridized carbons (Fsp3) is 0.100. The summed E-state index contributed by atoms with van der Waals surface area (Å²) in [5, 5.41) is 1.99. The van der Waals surface area contributed by atoms with Crippen LogP contribution >= 0.6 is 11.8 Å². The predicted molar refractivity (Wildman–Crippen MR) is 57.5 cm³/mol. The van der Waals surface area contributed by atoms with E-state index in [1.54, 1.807) is 11.8 Å². The van der Waals surface area contributed by atoms with Crippen molar-refractivity contribution in [3.05, 3.63) is 41.3 Å². The van der Waals surface area contributed by atoms with E-state index in [1.165, 1.54) is 0 Å². The molecule has 0 aromatic heterocycles. The first-order chi connectivity index (χ1) is 5.88. The molecule has 0 saturated carbocycles. The quantitative estimate of drug-likeness (QED) is 0.646. The van der Waals surface area contributed by atoms with E-state index in [4.69, 9.17) is 0 Å². The molecule has 0 bridgehead atoms. The third-order valence-corrected chi connectivity index (χ3v) is 1.93. The monoisotopic (exact) mass is 177 g/mol. The molecule has 1 aromatic rings. The lowest BCUT2D eigenvalue weighted by Gasteiger charge is -1.98. The first kappa shape index (κ1) is 9.07. The van der Waals surface area contributed by atoms with Gasteiger partial charge in [-0.1, -0.05) is 30.3 Å². The van der Waals surface area contributed by atoms with Crippen LogP contribution < -0.4 is 0 Å². The van der Waals surface area contributed by atoms with Gasteiger partial charge in [0.25, 0.3) is 0 Å². The molecule has 62 valence electrons. The molecule has 0 amide bonds. The zero-order valence-electron chi connectivity index (χ0n) is 7.03. The van der Waals surface area contributed by atoms with Gasteiger partial charge in [0.15, 0.2) is 0 Å². The van der Waals surface area contributed by atoms with E-state index >= 15 is 0 Å². The topological polar surface area (TPSA) is 12.4 Å². The lowest BCUT2D eigenvalue weighted by Crippen LogP contribution is -1.77. The van der Waals surface area contributed by atoms with E-state index < -0.39 is 0 Å². The van der Waals surface area contributed by atoms with Crippen molar-refractivity contribution < 1.29 is 0 Å². The number of hydrogen-bond acceptors (Lipinski definition) is 2. The second-order valence-corrected chi connectivity index (χ2v) is 2.97. The highest BCUT2D eigenvalue weighted by Crippen LogP contribution is 2.17. The Morgan fingerprint density at radius 2 is 2.08 bits per heavy atom. The Hall–Kier alpha value is -1.02. The minimum absolute atomic E-state index is 0.933. The summed E-state index contributed by atoms with van der Waals surface area (Å²) < 4.78 is 0. The number of benzene rings is 1. The number of hydrogen-bond donors (Lipinski definition) is 0. The van der Waals surface area contributed by atoms with Crippen molar-refractivity contribution in [3.63, 3.8) is 0 Å². The molecule has 0 spiro atoms. The molecule has 0 fully saturated rings. The van der Waals surface area contributed by atoms with Crippen molar-refractivity contribution in [3.8, 4) is 0 Å². The molecule has 1 rings (SSSR count). The Morgan fingerprint density at radius 3 is 2.58 bits per heavy atom. The fourth-order valence-corrected chi connectivity index (χ4v) is 1.35. The van der Waals surface area contributed by atoms with Crippen LogP contribution in [0.2, 0.25) is 0 Å². The Labute approximate surface area is 77.2 Å². The van der Waals surface area contributed by atoms with Gasteiger partial charge in [0.1, 0.15) is 0 Å². The Balaban J connectivity index is 2.96. The maximum Gasteiger partial charge on any atom is 0.0757 e. The van der Waals surface area contributed by atoms with Gasteiger partial charge in [-0.25, -0.2) is 0 Å². The van der Waals surface area contributed by atoms with Gasteiger partial charge in [0, 0.05) is 5.56 Å². The molecule has 12 heavy (non-hydrogen) atoms. The van der Waals surface area contributed by atoms with Crippen LogP contribution in [0.15, 0.2) is 40.7 Å². The summed E-state index contributed by atoms with van der Waals surface area (Å²) in [6.07, 6.45) is 2.01. The molecule has 0 radical (unpaired) electrons. The molecule has 0 aliphatic rings. The van der Waals surface area contributed by atoms with Crippen molar-refractivity contribution in [2.75, 3.05) is 6.26 Å². The van der Waals surface area contributed by atoms with E-state index in [9.17, 15) is 0 Å². The van der Waals surface area contributed by atoms with E-state index in [0.717, 1.165) is 11.3 Å². The Kier molecular flexibility index (Phi) is 3.61. The summed E-state index contributed by atoms with van der Waals surface area (Å²) >= 11 is 1.63. The van der Waals surface area contributed by atoms with Crippen molar-refractivity contribution in [1.29, 1.82) is 0 Å². The summed E-state index contributed by atoms with van der Waals surface area (Å²) in [5.74, 6) is 0. The Bertz CT molecular complexity index is 277. The van der Waals surface area contributed by atoms with E-state index in [0.29, 0.717) is 0 Å². The van der Waals surface area contributed by atoms with Crippen molar-refractivity contribution in [2.45, 2.75) is 0 Å². The van der Waals surface area contributed by atoms with Gasteiger partial charge < -0.3 is 0 Å². The fourth-order valence-electron chi connectivity index (χ4n) is 0.917. The molecular formula is C10H11NS. The van der Waals surface area contributed by atoms with Crippen LogP contribution in [0.3, 0.4) is 0 Å². The molecule has 1 nitrogen and oxygen atoms in total. The summed E-state index contributed by atoms with van der Waals surface area (Å²) in [6.45, 7) is 3.52. The normalized spacial score (nSPS) is 11.2. The van der Waals surface area contributed by atoms with Crippen LogP contribution in [0.1, 0.15) is 5.56 Å². The molecule has 0 N–H and O–H groups in total. The average Bonchev–Trinajstić information content (AvgIpc) is 2.15. The number of aliphatic imine (C=N–C) groups is 1. The maximum atomic E-state index is 3.94. The SMILES string of the molecule is C=N/C(=C\SC)c1ccccc1. The van der Waals surface area contributed by atoms with Gasteiger partial charge in [-0.05, 0) is 18.4 Å². The smallest absolute Gasteiger partial charge is 0.0757 e. The van der Waals surface area contributed by atoms with Crippen molar-refractivity contribution in [1.82, 2.24) is 0 Å². The summed E-state index contributed by atoms with van der Waals surface area (Å²) in [4.78, 5) is 3.94. The highest BCUT2D eigenvalue weighted by molar-refractivity contribution is 8.01. The summed E-state index contributed by atoms with van der Waals surface area (Å²) in [7, 11) is 0. The Morgan fingerprint density at radius 1 is 1.42 bits per heavy atom. The second kappa shape index (κ2) is 4.78. The second-order valence-electron chi connectivity index (χ2n) is 2.26. The zero-order valence-corrected chi connectivity index (χ0v) is 7.84. The molecule has 0 heterocycles. The van der Waals surface area contributed by atoms with Crippen LogP contribution in [0.5, 0.6) is 0 Å². The largest absolute Gasteiger partial charge is 0.263 e. The van der Waals surface area contributed by atoms with Gasteiger partial charge in [-0.15, -0.1) is 11.8 Å². The lowest BCUT2D eigenvalue weighted by molar-refractivity contribution is 1.54. The number of thioether (sulfide) groups is 1. The maximum absolute atomic E-state index is 3.94. The van der Waals surface area contributed by atoms with Crippen molar-refractivity contribution >= 4 is 24.2 Å². The molecule has 1 aromatic carbocycles. The molecule has 0 unspecified atom stereocenters. The minimum Gasteiger partial charge on any atom is -0.263 e. The third kappa shape index (κ3) is 2.24. The van der Waals surface area contributed by atoms with Gasteiger partial charge in [0.05, 0.1) is 5.70 Å².